The van der Waals surface area contributed by atoms with Gasteiger partial charge in [-0.1, -0.05) is 23.2 Å². The summed E-state index contributed by atoms with van der Waals surface area (Å²) in [5.41, 5.74) is -0.643. The quantitative estimate of drug-likeness (QED) is 0.696. The third-order valence-corrected chi connectivity index (χ3v) is 3.43. The molecule has 0 fully saturated rings. The summed E-state index contributed by atoms with van der Waals surface area (Å²) in [7, 11) is 0. The van der Waals surface area contributed by atoms with Gasteiger partial charge in [-0.25, -0.2) is 9.18 Å². The minimum atomic E-state index is -1.43. The second kappa shape index (κ2) is 8.15. The number of nitrogens with one attached hydrogen (secondary N) is 1. The Kier molecular flexibility index (Phi) is 7.07. The number of alkyl carbamates (subject to hydrolysis) is 1. The molecule has 1 aromatic rings. The molecule has 1 rings (SSSR count). The summed E-state index contributed by atoms with van der Waals surface area (Å²) in [6, 6.07) is 2.29. The van der Waals surface area contributed by atoms with Crippen LogP contribution in [0.1, 0.15) is 38.9 Å². The second-order valence-electron chi connectivity index (χ2n) is 6.02. The average Bonchev–Trinajstić information content (AvgIpc) is 2.39. The molecule has 3 N–H and O–H groups in total. The van der Waals surface area contributed by atoms with E-state index in [1.54, 1.807) is 20.8 Å². The lowest BCUT2D eigenvalue weighted by Crippen LogP contribution is -2.34. The van der Waals surface area contributed by atoms with Gasteiger partial charge in [-0.3, -0.25) is 0 Å². The van der Waals surface area contributed by atoms with E-state index < -0.39 is 29.7 Å². The summed E-state index contributed by atoms with van der Waals surface area (Å²) in [5, 5.41) is 22.2. The number of aliphatic hydroxyl groups is 2. The van der Waals surface area contributed by atoms with Crippen LogP contribution < -0.4 is 5.32 Å². The molecule has 0 radical (unpaired) electrons. The zero-order valence-electron chi connectivity index (χ0n) is 13.1. The number of hydrogen-bond donors (Lipinski definition) is 3. The van der Waals surface area contributed by atoms with Crippen molar-refractivity contribution in [3.05, 3.63) is 33.6 Å². The molecule has 0 saturated heterocycles. The Morgan fingerprint density at radius 2 is 1.96 bits per heavy atom. The molecule has 5 nitrogen and oxygen atoms in total. The van der Waals surface area contributed by atoms with Gasteiger partial charge in [0, 0.05) is 17.1 Å². The number of aliphatic hydroxyl groups excluding tert-OH is 2. The highest BCUT2D eigenvalue weighted by atomic mass is 35.5. The minimum Gasteiger partial charge on any atom is -0.444 e. The number of benzene rings is 1. The molecule has 1 aromatic carbocycles. The minimum absolute atomic E-state index is 0.0126. The van der Waals surface area contributed by atoms with Crippen molar-refractivity contribution in [3.8, 4) is 0 Å². The predicted octanol–water partition coefficient (Wildman–Crippen LogP) is 3.44. The molecule has 1 amide bonds. The lowest BCUT2D eigenvalue weighted by molar-refractivity contribution is 0.0122. The first-order valence-electron chi connectivity index (χ1n) is 6.98. The van der Waals surface area contributed by atoms with Crippen molar-refractivity contribution in [2.24, 2.45) is 0 Å². The summed E-state index contributed by atoms with van der Waals surface area (Å²) in [5.74, 6) is -0.785. The van der Waals surface area contributed by atoms with Gasteiger partial charge in [0.1, 0.15) is 17.5 Å². The van der Waals surface area contributed by atoms with Gasteiger partial charge in [0.15, 0.2) is 0 Å². The predicted molar refractivity (Wildman–Crippen MR) is 86.2 cm³/mol. The van der Waals surface area contributed by atoms with E-state index in [0.29, 0.717) is 0 Å². The summed E-state index contributed by atoms with van der Waals surface area (Å²) >= 11 is 11.5. The monoisotopic (exact) mass is 367 g/mol. The molecule has 23 heavy (non-hydrogen) atoms. The number of halogens is 3. The van der Waals surface area contributed by atoms with E-state index in [4.69, 9.17) is 27.9 Å². The van der Waals surface area contributed by atoms with Crippen LogP contribution in [0.4, 0.5) is 9.18 Å². The van der Waals surface area contributed by atoms with Crippen molar-refractivity contribution in [2.75, 3.05) is 6.54 Å². The van der Waals surface area contributed by atoms with Crippen molar-refractivity contribution in [1.82, 2.24) is 5.32 Å². The molecule has 0 spiro atoms. The Morgan fingerprint density at radius 3 is 2.52 bits per heavy atom. The number of rotatable bonds is 5. The van der Waals surface area contributed by atoms with Crippen molar-refractivity contribution in [1.29, 1.82) is 0 Å². The van der Waals surface area contributed by atoms with Gasteiger partial charge in [-0.05, 0) is 39.3 Å². The number of hydrogen-bond acceptors (Lipinski definition) is 4. The first-order chi connectivity index (χ1) is 10.5. The Bertz CT molecular complexity index is 563. The summed E-state index contributed by atoms with van der Waals surface area (Å²) < 4.78 is 18.5. The van der Waals surface area contributed by atoms with Crippen molar-refractivity contribution >= 4 is 29.3 Å². The van der Waals surface area contributed by atoms with Gasteiger partial charge < -0.3 is 20.3 Å². The molecule has 2 atom stereocenters. The van der Waals surface area contributed by atoms with Gasteiger partial charge in [-0.2, -0.15) is 0 Å². The van der Waals surface area contributed by atoms with Crippen LogP contribution >= 0.6 is 23.2 Å². The highest BCUT2D eigenvalue weighted by Crippen LogP contribution is 2.31. The van der Waals surface area contributed by atoms with Crippen LogP contribution in [0.5, 0.6) is 0 Å². The summed E-state index contributed by atoms with van der Waals surface area (Å²) in [4.78, 5) is 11.5. The zero-order valence-corrected chi connectivity index (χ0v) is 14.6. The average molecular weight is 368 g/mol. The van der Waals surface area contributed by atoms with Crippen LogP contribution in [0.15, 0.2) is 12.1 Å². The Labute approximate surface area is 144 Å². The van der Waals surface area contributed by atoms with E-state index in [-0.39, 0.29) is 28.6 Å². The van der Waals surface area contributed by atoms with Crippen LogP contribution in [0.3, 0.4) is 0 Å². The van der Waals surface area contributed by atoms with Crippen LogP contribution in [0.25, 0.3) is 0 Å². The molecule has 0 saturated carbocycles. The highest BCUT2D eigenvalue weighted by Gasteiger charge is 2.23. The van der Waals surface area contributed by atoms with Gasteiger partial charge in [0.05, 0.1) is 11.1 Å². The van der Waals surface area contributed by atoms with Crippen LogP contribution in [-0.4, -0.2) is 34.6 Å². The molecule has 130 valence electrons. The molecule has 0 aromatic heterocycles. The van der Waals surface area contributed by atoms with E-state index in [1.165, 1.54) is 6.07 Å². The van der Waals surface area contributed by atoms with E-state index in [2.05, 4.69) is 5.32 Å². The van der Waals surface area contributed by atoms with E-state index >= 15 is 0 Å². The van der Waals surface area contributed by atoms with Gasteiger partial charge in [-0.15, -0.1) is 0 Å². The first kappa shape index (κ1) is 20.0. The fraction of sp³-hybridized carbons (Fsp3) is 0.533. The zero-order chi connectivity index (χ0) is 17.8. The molecule has 0 aliphatic carbocycles. The summed E-state index contributed by atoms with van der Waals surface area (Å²) in [6.07, 6.45) is -3.31. The smallest absolute Gasteiger partial charge is 0.407 e. The van der Waals surface area contributed by atoms with Crippen LogP contribution in [-0.2, 0) is 4.74 Å². The molecule has 0 aliphatic rings. The standard InChI is InChI=1S/C15H20Cl2FNO4/c1-15(2,3)23-14(22)19-5-4-11(20)13(21)9-6-8(16)7-10(18)12(9)17/h6-7,11,13,20-21H,4-5H2,1-3H3,(H,19,22). The second-order valence-corrected chi connectivity index (χ2v) is 6.83. The van der Waals surface area contributed by atoms with Crippen molar-refractivity contribution in [3.63, 3.8) is 0 Å². The molecular formula is C15H20Cl2FNO4. The summed E-state index contributed by atoms with van der Waals surface area (Å²) in [6.45, 7) is 5.23. The molecule has 0 aliphatic heterocycles. The molecule has 0 bridgehead atoms. The van der Waals surface area contributed by atoms with E-state index in [9.17, 15) is 19.4 Å². The topological polar surface area (TPSA) is 78.8 Å². The van der Waals surface area contributed by atoms with Crippen molar-refractivity contribution in [2.45, 2.75) is 45.0 Å². The molecule has 2 unspecified atom stereocenters. The van der Waals surface area contributed by atoms with Gasteiger partial charge >= 0.3 is 6.09 Å². The molecule has 0 heterocycles. The largest absolute Gasteiger partial charge is 0.444 e. The molecular weight excluding hydrogens is 348 g/mol. The lowest BCUT2D eigenvalue weighted by atomic mass is 10.0. The number of ether oxygens (including phenoxy) is 1. The third kappa shape index (κ3) is 6.51. The Balaban J connectivity index is 2.58. The van der Waals surface area contributed by atoms with E-state index in [0.717, 1.165) is 6.07 Å². The van der Waals surface area contributed by atoms with E-state index in [1.807, 2.05) is 0 Å². The SMILES string of the molecule is CC(C)(C)OC(=O)NCCC(O)C(O)c1cc(Cl)cc(F)c1Cl. The maximum Gasteiger partial charge on any atom is 0.407 e. The fourth-order valence-corrected chi connectivity index (χ4v) is 2.23. The molecule has 8 heteroatoms. The van der Waals surface area contributed by atoms with Gasteiger partial charge in [0.25, 0.3) is 0 Å². The fourth-order valence-electron chi connectivity index (χ4n) is 1.79. The first-order valence-corrected chi connectivity index (χ1v) is 7.74. The maximum atomic E-state index is 13.5. The normalized spacial score (nSPS) is 14.3. The third-order valence-electron chi connectivity index (χ3n) is 2.81. The number of amides is 1. The number of carbonyl (C=O) groups is 1. The Morgan fingerprint density at radius 1 is 1.35 bits per heavy atom. The lowest BCUT2D eigenvalue weighted by Gasteiger charge is -2.22. The van der Waals surface area contributed by atoms with Crippen molar-refractivity contribution < 1.29 is 24.1 Å². The number of carbonyl (C=O) groups excluding carboxylic acids is 1. The van der Waals surface area contributed by atoms with Crippen LogP contribution in [0, 0.1) is 5.82 Å². The Hall–Kier alpha value is -1.08. The van der Waals surface area contributed by atoms with Gasteiger partial charge in [0.2, 0.25) is 0 Å². The van der Waals surface area contributed by atoms with Crippen LogP contribution in [0.2, 0.25) is 10.0 Å². The maximum absolute atomic E-state index is 13.5. The highest BCUT2D eigenvalue weighted by molar-refractivity contribution is 6.33.